The first-order chi connectivity index (χ1) is 8.32. The lowest BCUT2D eigenvalue weighted by atomic mass is 10.2. The van der Waals surface area contributed by atoms with E-state index >= 15 is 0 Å². The van der Waals surface area contributed by atoms with Crippen molar-refractivity contribution in [3.05, 3.63) is 20.8 Å². The summed E-state index contributed by atoms with van der Waals surface area (Å²) in [6.07, 6.45) is 2.30. The van der Waals surface area contributed by atoms with Gasteiger partial charge in [-0.2, -0.15) is 0 Å². The van der Waals surface area contributed by atoms with E-state index in [1.54, 1.807) is 6.26 Å². The molecule has 1 aromatic rings. The summed E-state index contributed by atoms with van der Waals surface area (Å²) in [5, 5.41) is 6.82. The third-order valence-corrected chi connectivity index (χ3v) is 3.35. The first-order valence-corrected chi connectivity index (χ1v) is 7.26. The SMILES string of the molecule is CC(CCS(C)=O)Nc1nn(C)c(=O)n(C)c1=O. The van der Waals surface area contributed by atoms with Crippen molar-refractivity contribution in [2.45, 2.75) is 19.4 Å². The van der Waals surface area contributed by atoms with Crippen LogP contribution in [0.3, 0.4) is 0 Å². The van der Waals surface area contributed by atoms with Gasteiger partial charge in [0.2, 0.25) is 5.82 Å². The second-order valence-corrected chi connectivity index (χ2v) is 5.78. The van der Waals surface area contributed by atoms with Crippen molar-refractivity contribution in [1.82, 2.24) is 14.3 Å². The molecule has 2 unspecified atom stereocenters. The largest absolute Gasteiger partial charge is 0.362 e. The predicted molar refractivity (Wildman–Crippen MR) is 71.4 cm³/mol. The third kappa shape index (κ3) is 3.52. The molecular formula is C10H18N4O3S. The molecule has 0 bridgehead atoms. The number of hydrogen-bond acceptors (Lipinski definition) is 5. The van der Waals surface area contributed by atoms with Crippen LogP contribution in [0.2, 0.25) is 0 Å². The Morgan fingerprint density at radius 2 is 2.00 bits per heavy atom. The lowest BCUT2D eigenvalue weighted by Crippen LogP contribution is -2.41. The van der Waals surface area contributed by atoms with Crippen molar-refractivity contribution >= 4 is 16.6 Å². The second kappa shape index (κ2) is 5.94. The minimum Gasteiger partial charge on any atom is -0.362 e. The highest BCUT2D eigenvalue weighted by Crippen LogP contribution is 2.00. The van der Waals surface area contributed by atoms with Crippen LogP contribution in [0.5, 0.6) is 0 Å². The average molecular weight is 274 g/mol. The number of nitrogens with one attached hydrogen (secondary N) is 1. The minimum absolute atomic E-state index is 0.0356. The van der Waals surface area contributed by atoms with Gasteiger partial charge in [0.15, 0.2) is 0 Å². The summed E-state index contributed by atoms with van der Waals surface area (Å²) in [6.45, 7) is 1.87. The molecule has 8 heteroatoms. The van der Waals surface area contributed by atoms with Crippen LogP contribution in [-0.2, 0) is 24.9 Å². The highest BCUT2D eigenvalue weighted by Gasteiger charge is 2.11. The summed E-state index contributed by atoms with van der Waals surface area (Å²) in [5.74, 6) is 0.689. The molecule has 0 amide bonds. The second-order valence-electron chi connectivity index (χ2n) is 4.23. The normalized spacial score (nSPS) is 14.2. The van der Waals surface area contributed by atoms with E-state index in [-0.39, 0.29) is 11.9 Å². The van der Waals surface area contributed by atoms with Gasteiger partial charge in [0.25, 0.3) is 5.56 Å². The molecule has 7 nitrogen and oxygen atoms in total. The number of aromatic nitrogens is 3. The Labute approximate surface area is 107 Å². The Kier molecular flexibility index (Phi) is 4.83. The van der Waals surface area contributed by atoms with Crippen molar-refractivity contribution in [1.29, 1.82) is 0 Å². The number of anilines is 1. The van der Waals surface area contributed by atoms with Gasteiger partial charge in [-0.15, -0.1) is 5.10 Å². The van der Waals surface area contributed by atoms with E-state index in [0.29, 0.717) is 12.2 Å². The molecule has 0 aliphatic heterocycles. The van der Waals surface area contributed by atoms with Crippen molar-refractivity contribution in [3.8, 4) is 0 Å². The Balaban J connectivity index is 2.89. The molecule has 0 saturated carbocycles. The molecule has 0 saturated heterocycles. The summed E-state index contributed by atoms with van der Waals surface area (Å²) < 4.78 is 13.1. The van der Waals surface area contributed by atoms with Crippen LogP contribution in [0, 0.1) is 0 Å². The molecule has 0 aliphatic rings. The standard InChI is InChI=1S/C10H18N4O3S/c1-7(5-6-18(4)17)11-8-9(15)13(2)10(16)14(3)12-8/h7H,5-6H2,1-4H3,(H,11,12). The summed E-state index contributed by atoms with van der Waals surface area (Å²) in [7, 11) is 2.03. The highest BCUT2D eigenvalue weighted by molar-refractivity contribution is 7.84. The topological polar surface area (TPSA) is 86.0 Å². The van der Waals surface area contributed by atoms with E-state index in [1.807, 2.05) is 6.92 Å². The molecule has 0 aromatic carbocycles. The van der Waals surface area contributed by atoms with Gasteiger partial charge >= 0.3 is 5.69 Å². The Bertz CT molecular complexity index is 563. The molecule has 1 N–H and O–H groups in total. The van der Waals surface area contributed by atoms with Gasteiger partial charge in [-0.3, -0.25) is 13.6 Å². The maximum absolute atomic E-state index is 11.8. The third-order valence-electron chi connectivity index (χ3n) is 2.54. The number of nitrogens with zero attached hydrogens (tertiary/aromatic N) is 3. The predicted octanol–water partition coefficient (Wildman–Crippen LogP) is -0.952. The zero-order valence-electron chi connectivity index (χ0n) is 11.0. The van der Waals surface area contributed by atoms with Gasteiger partial charge in [-0.05, 0) is 13.3 Å². The summed E-state index contributed by atoms with van der Waals surface area (Å²) >= 11 is 0. The monoisotopic (exact) mass is 274 g/mol. The fourth-order valence-electron chi connectivity index (χ4n) is 1.44. The van der Waals surface area contributed by atoms with Crippen LogP contribution in [0.25, 0.3) is 0 Å². The summed E-state index contributed by atoms with van der Waals surface area (Å²) in [5.41, 5.74) is -0.921. The van der Waals surface area contributed by atoms with Gasteiger partial charge in [-0.25, -0.2) is 9.48 Å². The fourth-order valence-corrected chi connectivity index (χ4v) is 2.12. The van der Waals surface area contributed by atoms with Gasteiger partial charge in [0, 0.05) is 42.9 Å². The van der Waals surface area contributed by atoms with Crippen molar-refractivity contribution in [2.75, 3.05) is 17.3 Å². The van der Waals surface area contributed by atoms with E-state index in [4.69, 9.17) is 0 Å². The zero-order valence-corrected chi connectivity index (χ0v) is 11.8. The number of hydrogen-bond donors (Lipinski definition) is 1. The fraction of sp³-hybridized carbons (Fsp3) is 0.700. The first-order valence-electron chi connectivity index (χ1n) is 5.53. The maximum atomic E-state index is 11.8. The van der Waals surface area contributed by atoms with E-state index < -0.39 is 22.0 Å². The molecule has 0 fully saturated rings. The summed E-state index contributed by atoms with van der Waals surface area (Å²) in [6, 6.07) is -0.0356. The molecular weight excluding hydrogens is 256 g/mol. The summed E-state index contributed by atoms with van der Waals surface area (Å²) in [4.78, 5) is 23.2. The van der Waals surface area contributed by atoms with E-state index in [1.165, 1.54) is 14.1 Å². The van der Waals surface area contributed by atoms with Crippen LogP contribution in [-0.4, -0.2) is 36.6 Å². The minimum atomic E-state index is -0.861. The Morgan fingerprint density at radius 1 is 1.39 bits per heavy atom. The number of aryl methyl sites for hydroxylation is 1. The quantitative estimate of drug-likeness (QED) is 0.748. The van der Waals surface area contributed by atoms with Crippen molar-refractivity contribution < 1.29 is 4.21 Å². The van der Waals surface area contributed by atoms with Crippen molar-refractivity contribution in [2.24, 2.45) is 14.1 Å². The van der Waals surface area contributed by atoms with E-state index in [2.05, 4.69) is 10.4 Å². The van der Waals surface area contributed by atoms with Gasteiger partial charge < -0.3 is 5.32 Å². The van der Waals surface area contributed by atoms with E-state index in [0.717, 1.165) is 9.25 Å². The van der Waals surface area contributed by atoms with Gasteiger partial charge in [0.1, 0.15) is 0 Å². The molecule has 1 heterocycles. The lowest BCUT2D eigenvalue weighted by molar-refractivity contribution is 0.598. The first kappa shape index (κ1) is 14.6. The Morgan fingerprint density at radius 3 is 2.56 bits per heavy atom. The van der Waals surface area contributed by atoms with Crippen molar-refractivity contribution in [3.63, 3.8) is 0 Å². The molecule has 1 rings (SSSR count). The maximum Gasteiger partial charge on any atom is 0.346 e. The van der Waals surface area contributed by atoms with Crippen LogP contribution < -0.4 is 16.6 Å². The highest BCUT2D eigenvalue weighted by atomic mass is 32.2. The zero-order chi connectivity index (χ0) is 13.9. The van der Waals surface area contributed by atoms with Crippen LogP contribution in [0.4, 0.5) is 5.82 Å². The molecule has 2 atom stereocenters. The van der Waals surface area contributed by atoms with Crippen LogP contribution in [0.1, 0.15) is 13.3 Å². The van der Waals surface area contributed by atoms with Gasteiger partial charge in [-0.1, -0.05) is 0 Å². The number of rotatable bonds is 5. The van der Waals surface area contributed by atoms with Crippen LogP contribution >= 0.6 is 0 Å². The van der Waals surface area contributed by atoms with Crippen LogP contribution in [0.15, 0.2) is 9.59 Å². The smallest absolute Gasteiger partial charge is 0.346 e. The van der Waals surface area contributed by atoms with Gasteiger partial charge in [0.05, 0.1) is 0 Å². The molecule has 18 heavy (non-hydrogen) atoms. The van der Waals surface area contributed by atoms with E-state index in [9.17, 15) is 13.8 Å². The molecule has 0 radical (unpaired) electrons. The molecule has 0 aliphatic carbocycles. The molecule has 1 aromatic heterocycles. The average Bonchev–Trinajstić information content (AvgIpc) is 2.30. The molecule has 102 valence electrons. The Hall–Kier alpha value is -1.44. The molecule has 0 spiro atoms. The lowest BCUT2D eigenvalue weighted by Gasteiger charge is -2.14.